The van der Waals surface area contributed by atoms with Crippen molar-refractivity contribution < 1.29 is 14.3 Å². The molecule has 0 aliphatic carbocycles. The smallest absolute Gasteiger partial charge is 0.339 e. The number of hydrogen-bond acceptors (Lipinski definition) is 5. The minimum absolute atomic E-state index is 0.369. The number of hydrogen-bond donors (Lipinski definition) is 1. The number of pyridine rings is 1. The predicted octanol–water partition coefficient (Wildman–Crippen LogP) is 1.16. The zero-order valence-electron chi connectivity index (χ0n) is 10.7. The molecular weight excluding hydrogens is 232 g/mol. The van der Waals surface area contributed by atoms with Crippen molar-refractivity contribution in [1.29, 1.82) is 0 Å². The van der Waals surface area contributed by atoms with Gasteiger partial charge in [0, 0.05) is 18.5 Å². The van der Waals surface area contributed by atoms with Gasteiger partial charge in [0.25, 0.3) is 0 Å². The van der Waals surface area contributed by atoms with Gasteiger partial charge in [-0.05, 0) is 26.0 Å². The molecule has 98 valence electrons. The molecule has 18 heavy (non-hydrogen) atoms. The lowest BCUT2D eigenvalue weighted by molar-refractivity contribution is 0.0599. The molecule has 1 unspecified atom stereocenters. The first-order chi connectivity index (χ1) is 8.70. The van der Waals surface area contributed by atoms with Gasteiger partial charge in [0.1, 0.15) is 0 Å². The minimum Gasteiger partial charge on any atom is -0.477 e. The Labute approximate surface area is 107 Å². The van der Waals surface area contributed by atoms with E-state index in [0.29, 0.717) is 29.7 Å². The van der Waals surface area contributed by atoms with Crippen LogP contribution in [0.15, 0.2) is 12.1 Å². The molecule has 5 heteroatoms. The monoisotopic (exact) mass is 250 g/mol. The van der Waals surface area contributed by atoms with Gasteiger partial charge in [-0.25, -0.2) is 9.78 Å². The Morgan fingerprint density at radius 2 is 2.39 bits per heavy atom. The first-order valence-electron chi connectivity index (χ1n) is 6.10. The van der Waals surface area contributed by atoms with Gasteiger partial charge in [-0.15, -0.1) is 0 Å². The van der Waals surface area contributed by atoms with Crippen LogP contribution in [0, 0.1) is 12.8 Å². The molecule has 1 fully saturated rings. The molecule has 0 aromatic carbocycles. The molecule has 1 aliphatic rings. The number of carbonyl (C=O) groups is 1. The Kier molecular flexibility index (Phi) is 4.15. The largest absolute Gasteiger partial charge is 0.477 e. The molecule has 1 N–H and O–H groups in total. The van der Waals surface area contributed by atoms with Crippen molar-refractivity contribution in [2.45, 2.75) is 13.3 Å². The summed E-state index contributed by atoms with van der Waals surface area (Å²) in [7, 11) is 1.36. The highest BCUT2D eigenvalue weighted by molar-refractivity contribution is 5.90. The summed E-state index contributed by atoms with van der Waals surface area (Å²) in [6, 6.07) is 3.40. The number of ether oxygens (including phenoxy) is 2. The highest BCUT2D eigenvalue weighted by Crippen LogP contribution is 2.15. The van der Waals surface area contributed by atoms with Crippen LogP contribution in [0.25, 0.3) is 0 Å². The summed E-state index contributed by atoms with van der Waals surface area (Å²) in [5.74, 6) is 0.742. The van der Waals surface area contributed by atoms with Crippen LogP contribution in [0.1, 0.15) is 22.5 Å². The average molecular weight is 250 g/mol. The van der Waals surface area contributed by atoms with Crippen LogP contribution in [0.2, 0.25) is 0 Å². The highest BCUT2D eigenvalue weighted by atomic mass is 16.5. The first kappa shape index (κ1) is 12.8. The lowest BCUT2D eigenvalue weighted by Crippen LogP contribution is -2.16. The Morgan fingerprint density at radius 3 is 3.00 bits per heavy atom. The molecule has 0 bridgehead atoms. The fourth-order valence-corrected chi connectivity index (χ4v) is 2.00. The van der Waals surface area contributed by atoms with E-state index >= 15 is 0 Å². The van der Waals surface area contributed by atoms with E-state index in [9.17, 15) is 4.79 Å². The van der Waals surface area contributed by atoms with Crippen molar-refractivity contribution in [2.24, 2.45) is 5.92 Å². The van der Waals surface area contributed by atoms with E-state index in [-0.39, 0.29) is 5.97 Å². The summed E-state index contributed by atoms with van der Waals surface area (Å²) >= 11 is 0. The summed E-state index contributed by atoms with van der Waals surface area (Å²) < 4.78 is 10.3. The Hall–Kier alpha value is -1.62. The average Bonchev–Trinajstić information content (AvgIpc) is 2.88. The van der Waals surface area contributed by atoms with Crippen molar-refractivity contribution >= 4 is 5.97 Å². The van der Waals surface area contributed by atoms with Gasteiger partial charge < -0.3 is 14.8 Å². The summed E-state index contributed by atoms with van der Waals surface area (Å²) in [5, 5.41) is 3.29. The Bertz CT molecular complexity index is 428. The summed E-state index contributed by atoms with van der Waals surface area (Å²) in [6.07, 6.45) is 1.14. The standard InChI is InChI=1S/C13H18N2O3/c1-9-11(13(16)17-2)3-4-12(15-9)18-8-10-5-6-14-7-10/h3-4,10,14H,5-8H2,1-2H3. The van der Waals surface area contributed by atoms with Crippen molar-refractivity contribution in [3.8, 4) is 5.88 Å². The molecular formula is C13H18N2O3. The number of esters is 1. The second-order valence-electron chi connectivity index (χ2n) is 4.44. The van der Waals surface area contributed by atoms with Crippen LogP contribution in [-0.4, -0.2) is 37.8 Å². The van der Waals surface area contributed by atoms with E-state index in [1.807, 2.05) is 0 Å². The summed E-state index contributed by atoms with van der Waals surface area (Å²) in [4.78, 5) is 15.7. The molecule has 2 heterocycles. The van der Waals surface area contributed by atoms with Crippen molar-refractivity contribution in [1.82, 2.24) is 10.3 Å². The molecule has 0 radical (unpaired) electrons. The maximum absolute atomic E-state index is 11.4. The van der Waals surface area contributed by atoms with Crippen LogP contribution in [-0.2, 0) is 4.74 Å². The molecule has 1 aliphatic heterocycles. The normalized spacial score (nSPS) is 18.7. The second-order valence-corrected chi connectivity index (χ2v) is 4.44. The number of carbonyl (C=O) groups excluding carboxylic acids is 1. The maximum atomic E-state index is 11.4. The van der Waals surface area contributed by atoms with E-state index < -0.39 is 0 Å². The zero-order chi connectivity index (χ0) is 13.0. The fourth-order valence-electron chi connectivity index (χ4n) is 2.00. The first-order valence-corrected chi connectivity index (χ1v) is 6.10. The van der Waals surface area contributed by atoms with Crippen LogP contribution < -0.4 is 10.1 Å². The third-order valence-corrected chi connectivity index (χ3v) is 3.09. The van der Waals surface area contributed by atoms with Gasteiger partial charge in [-0.1, -0.05) is 0 Å². The highest BCUT2D eigenvalue weighted by Gasteiger charge is 2.16. The van der Waals surface area contributed by atoms with Crippen LogP contribution in [0.4, 0.5) is 0 Å². The predicted molar refractivity (Wildman–Crippen MR) is 66.8 cm³/mol. The summed E-state index contributed by atoms with van der Waals surface area (Å²) in [5.41, 5.74) is 1.11. The molecule has 0 amide bonds. The number of nitrogens with zero attached hydrogens (tertiary/aromatic N) is 1. The van der Waals surface area contributed by atoms with Crippen molar-refractivity contribution in [3.63, 3.8) is 0 Å². The lowest BCUT2D eigenvalue weighted by Gasteiger charge is -2.11. The minimum atomic E-state index is -0.369. The van der Waals surface area contributed by atoms with Crippen molar-refractivity contribution in [3.05, 3.63) is 23.4 Å². The number of rotatable bonds is 4. The van der Waals surface area contributed by atoms with Gasteiger partial charge in [0.2, 0.25) is 5.88 Å². The van der Waals surface area contributed by atoms with Crippen LogP contribution in [0.3, 0.4) is 0 Å². The van der Waals surface area contributed by atoms with Crippen LogP contribution >= 0.6 is 0 Å². The second kappa shape index (κ2) is 5.82. The molecule has 0 saturated carbocycles. The number of nitrogens with one attached hydrogen (secondary N) is 1. The van der Waals surface area contributed by atoms with E-state index in [4.69, 9.17) is 4.74 Å². The SMILES string of the molecule is COC(=O)c1ccc(OCC2CCNC2)nc1C. The quantitative estimate of drug-likeness (QED) is 0.813. The molecule has 0 spiro atoms. The lowest BCUT2D eigenvalue weighted by atomic mass is 10.1. The van der Waals surface area contributed by atoms with E-state index in [0.717, 1.165) is 19.5 Å². The van der Waals surface area contributed by atoms with E-state index in [1.54, 1.807) is 19.1 Å². The van der Waals surface area contributed by atoms with Gasteiger partial charge >= 0.3 is 5.97 Å². The number of aromatic nitrogens is 1. The Balaban J connectivity index is 1.97. The van der Waals surface area contributed by atoms with Gasteiger partial charge in [0.15, 0.2) is 0 Å². The van der Waals surface area contributed by atoms with Gasteiger partial charge in [-0.2, -0.15) is 0 Å². The third-order valence-electron chi connectivity index (χ3n) is 3.09. The molecule has 5 nitrogen and oxygen atoms in total. The van der Waals surface area contributed by atoms with E-state index in [2.05, 4.69) is 15.0 Å². The van der Waals surface area contributed by atoms with Crippen molar-refractivity contribution in [2.75, 3.05) is 26.8 Å². The molecule has 1 atom stereocenters. The van der Waals surface area contributed by atoms with Crippen LogP contribution in [0.5, 0.6) is 5.88 Å². The molecule has 1 saturated heterocycles. The fraction of sp³-hybridized carbons (Fsp3) is 0.538. The molecule has 2 rings (SSSR count). The molecule has 1 aromatic heterocycles. The number of aryl methyl sites for hydroxylation is 1. The topological polar surface area (TPSA) is 60.5 Å². The zero-order valence-corrected chi connectivity index (χ0v) is 10.7. The Morgan fingerprint density at radius 1 is 1.56 bits per heavy atom. The molecule has 1 aromatic rings. The summed E-state index contributed by atoms with van der Waals surface area (Å²) in [6.45, 7) is 4.49. The van der Waals surface area contributed by atoms with Gasteiger partial charge in [-0.3, -0.25) is 0 Å². The maximum Gasteiger partial charge on any atom is 0.339 e. The number of methoxy groups -OCH3 is 1. The third kappa shape index (κ3) is 2.98. The van der Waals surface area contributed by atoms with Gasteiger partial charge in [0.05, 0.1) is 25.0 Å². The van der Waals surface area contributed by atoms with E-state index in [1.165, 1.54) is 7.11 Å².